The van der Waals surface area contributed by atoms with Crippen LogP contribution in [0.15, 0.2) is 0 Å². The van der Waals surface area contributed by atoms with Gasteiger partial charge in [-0.1, -0.05) is 6.92 Å². The molecule has 4 bridgehead atoms. The van der Waals surface area contributed by atoms with Gasteiger partial charge in [0.2, 0.25) is 5.91 Å². The second-order valence-electron chi connectivity index (χ2n) is 10.7. The van der Waals surface area contributed by atoms with E-state index in [0.29, 0.717) is 12.8 Å². The summed E-state index contributed by atoms with van der Waals surface area (Å²) >= 11 is 0. The van der Waals surface area contributed by atoms with E-state index >= 15 is 0 Å². The Morgan fingerprint density at radius 3 is 1.58 bits per heavy atom. The second-order valence-corrected chi connectivity index (χ2v) is 10.7. The van der Waals surface area contributed by atoms with Crippen LogP contribution in [-0.4, -0.2) is 24.0 Å². The molecule has 4 fully saturated rings. The van der Waals surface area contributed by atoms with Gasteiger partial charge in [0.25, 0.3) is 0 Å². The van der Waals surface area contributed by atoms with Crippen LogP contribution < -0.4 is 5.32 Å². The van der Waals surface area contributed by atoms with Gasteiger partial charge in [-0.2, -0.15) is 0 Å². The molecule has 4 saturated carbocycles. The van der Waals surface area contributed by atoms with Crippen LogP contribution in [0.2, 0.25) is 0 Å². The van der Waals surface area contributed by atoms with E-state index in [2.05, 4.69) is 12.2 Å². The Balaban J connectivity index is 1.91. The molecule has 0 aromatic rings. The first-order chi connectivity index (χ1) is 12.0. The second kappa shape index (κ2) is 6.45. The summed E-state index contributed by atoms with van der Waals surface area (Å²) in [5.41, 5.74) is 0.846. The predicted molar refractivity (Wildman–Crippen MR) is 102 cm³/mol. The Kier molecular flexibility index (Phi) is 4.86. The van der Waals surface area contributed by atoms with E-state index < -0.39 is 0 Å². The fraction of sp³-hybridized carbons (Fsp3) is 0.864. The number of ketones is 2. The van der Waals surface area contributed by atoms with Gasteiger partial charge >= 0.3 is 0 Å². The summed E-state index contributed by atoms with van der Waals surface area (Å²) in [5, 5.41) is 3.11. The molecular weight excluding hydrogens is 326 g/mol. The average Bonchev–Trinajstić information content (AvgIpc) is 2.47. The van der Waals surface area contributed by atoms with Gasteiger partial charge < -0.3 is 14.9 Å². The van der Waals surface area contributed by atoms with Crippen molar-refractivity contribution >= 4 is 17.5 Å². The zero-order valence-electron chi connectivity index (χ0n) is 17.0. The number of carbonyl (C=O) groups excluding carboxylic acids is 3. The number of hydrogen-bond donors (Lipinski definition) is 1. The maximum atomic E-state index is 11.7. The van der Waals surface area contributed by atoms with Crippen LogP contribution in [0.25, 0.3) is 0 Å². The first-order valence-corrected chi connectivity index (χ1v) is 10.2. The van der Waals surface area contributed by atoms with Gasteiger partial charge in [-0.05, 0) is 86.9 Å². The van der Waals surface area contributed by atoms with Crippen molar-refractivity contribution in [1.82, 2.24) is 5.32 Å². The molecule has 0 aliphatic heterocycles. The molecule has 4 aliphatic carbocycles. The fourth-order valence-corrected chi connectivity index (χ4v) is 7.76. The van der Waals surface area contributed by atoms with Crippen LogP contribution in [0, 0.1) is 21.7 Å². The summed E-state index contributed by atoms with van der Waals surface area (Å²) in [6, 6.07) is 0. The molecule has 2 unspecified atom stereocenters. The minimum atomic E-state index is 0.0430. The molecule has 4 aliphatic rings. The topological polar surface area (TPSA) is 63.2 Å². The Morgan fingerprint density at radius 2 is 1.15 bits per heavy atom. The lowest BCUT2D eigenvalue weighted by atomic mass is 9.34. The highest BCUT2D eigenvalue weighted by atomic mass is 16.1. The maximum absolute atomic E-state index is 11.7. The highest BCUT2D eigenvalue weighted by Gasteiger charge is 2.66. The summed E-state index contributed by atoms with van der Waals surface area (Å²) in [6.45, 7) is 8.15. The van der Waals surface area contributed by atoms with E-state index in [1.54, 1.807) is 20.8 Å². The standard InChI is InChI=1S/C22H35NO3/c1-16(24)5-7-20-9-19(4)10-21(12-20,8-6-17(2)25)14-22(11-19,13-20)15-23-18(3)26/h5-15H2,1-4H3,(H,23,26)/t19?,20-,21+,22?. The van der Waals surface area contributed by atoms with Crippen molar-refractivity contribution < 1.29 is 14.4 Å². The third-order valence-corrected chi connectivity index (χ3v) is 7.38. The zero-order chi connectivity index (χ0) is 19.2. The monoisotopic (exact) mass is 361 g/mol. The molecule has 0 spiro atoms. The van der Waals surface area contributed by atoms with Gasteiger partial charge in [-0.15, -0.1) is 0 Å². The SMILES string of the molecule is CC(=O)CC[C@]12CC3(C)CC(CNC(C)=O)(C1)C[C@@](CCC(C)=O)(C3)C2. The van der Waals surface area contributed by atoms with Gasteiger partial charge in [0.15, 0.2) is 0 Å². The van der Waals surface area contributed by atoms with Gasteiger partial charge in [0, 0.05) is 26.3 Å². The molecule has 4 atom stereocenters. The Hall–Kier alpha value is -1.19. The van der Waals surface area contributed by atoms with Crippen molar-refractivity contribution in [3.8, 4) is 0 Å². The molecule has 26 heavy (non-hydrogen) atoms. The molecule has 0 aromatic heterocycles. The van der Waals surface area contributed by atoms with Crippen molar-refractivity contribution in [2.75, 3.05) is 6.54 Å². The lowest BCUT2D eigenvalue weighted by molar-refractivity contribution is -0.200. The Bertz CT molecular complexity index is 531. The van der Waals surface area contributed by atoms with Crippen LogP contribution in [0.4, 0.5) is 0 Å². The largest absolute Gasteiger partial charge is 0.356 e. The molecule has 1 N–H and O–H groups in total. The Labute approximate surface area is 157 Å². The van der Waals surface area contributed by atoms with Crippen LogP contribution in [0.1, 0.15) is 91.9 Å². The highest BCUT2D eigenvalue weighted by molar-refractivity contribution is 5.76. The number of nitrogens with one attached hydrogen (secondary N) is 1. The molecule has 1 amide bonds. The molecule has 0 heterocycles. The van der Waals surface area contributed by atoms with Gasteiger partial charge in [-0.25, -0.2) is 0 Å². The lowest BCUT2D eigenvalue weighted by Gasteiger charge is -2.71. The normalized spacial score (nSPS) is 40.5. The smallest absolute Gasteiger partial charge is 0.216 e. The number of carbonyl (C=O) groups is 3. The van der Waals surface area contributed by atoms with Gasteiger partial charge in [-0.3, -0.25) is 4.79 Å². The molecule has 4 nitrogen and oxygen atoms in total. The van der Waals surface area contributed by atoms with E-state index in [0.717, 1.165) is 38.6 Å². The maximum Gasteiger partial charge on any atom is 0.216 e. The van der Waals surface area contributed by atoms with Crippen LogP contribution in [0.3, 0.4) is 0 Å². The van der Waals surface area contributed by atoms with Gasteiger partial charge in [0.05, 0.1) is 0 Å². The predicted octanol–water partition coefficient (Wildman–Crippen LogP) is 4.21. The van der Waals surface area contributed by atoms with E-state index in [1.165, 1.54) is 19.3 Å². The number of amides is 1. The molecule has 4 heteroatoms. The molecule has 0 aromatic carbocycles. The molecule has 146 valence electrons. The zero-order valence-corrected chi connectivity index (χ0v) is 17.0. The quantitative estimate of drug-likeness (QED) is 0.704. The summed E-state index contributed by atoms with van der Waals surface area (Å²) in [6.07, 6.45) is 10.3. The van der Waals surface area contributed by atoms with E-state index in [-0.39, 0.29) is 39.1 Å². The average molecular weight is 362 g/mol. The number of Topliss-reactive ketones (excluding diaryl/α,β-unsaturated/α-hetero) is 2. The molecule has 4 rings (SSSR count). The molecular formula is C22H35NO3. The summed E-state index contributed by atoms with van der Waals surface area (Å²) in [4.78, 5) is 35.0. The fourth-order valence-electron chi connectivity index (χ4n) is 7.76. The van der Waals surface area contributed by atoms with Crippen molar-refractivity contribution in [1.29, 1.82) is 0 Å². The Morgan fingerprint density at radius 1 is 0.731 bits per heavy atom. The minimum absolute atomic E-state index is 0.0430. The van der Waals surface area contributed by atoms with Crippen molar-refractivity contribution in [3.05, 3.63) is 0 Å². The number of hydrogen-bond acceptors (Lipinski definition) is 3. The van der Waals surface area contributed by atoms with Gasteiger partial charge in [0.1, 0.15) is 11.6 Å². The van der Waals surface area contributed by atoms with Crippen molar-refractivity contribution in [2.45, 2.75) is 91.9 Å². The van der Waals surface area contributed by atoms with Crippen LogP contribution in [-0.2, 0) is 14.4 Å². The lowest BCUT2D eigenvalue weighted by Crippen LogP contribution is -2.62. The molecule has 0 radical (unpaired) electrons. The van der Waals surface area contributed by atoms with Crippen molar-refractivity contribution in [3.63, 3.8) is 0 Å². The van der Waals surface area contributed by atoms with E-state index in [1.807, 2.05) is 0 Å². The van der Waals surface area contributed by atoms with E-state index in [4.69, 9.17) is 0 Å². The summed E-state index contributed by atoms with van der Waals surface area (Å²) < 4.78 is 0. The third-order valence-electron chi connectivity index (χ3n) is 7.38. The molecule has 0 saturated heterocycles. The summed E-state index contributed by atoms with van der Waals surface area (Å²) in [7, 11) is 0. The van der Waals surface area contributed by atoms with Crippen LogP contribution in [0.5, 0.6) is 0 Å². The highest BCUT2D eigenvalue weighted by Crippen LogP contribution is 2.75. The first kappa shape index (κ1) is 19.6. The van der Waals surface area contributed by atoms with E-state index in [9.17, 15) is 14.4 Å². The number of rotatable bonds is 8. The first-order valence-electron chi connectivity index (χ1n) is 10.2. The third kappa shape index (κ3) is 3.89. The summed E-state index contributed by atoms with van der Waals surface area (Å²) in [5.74, 6) is 0.598. The van der Waals surface area contributed by atoms with Crippen molar-refractivity contribution in [2.24, 2.45) is 21.7 Å². The minimum Gasteiger partial charge on any atom is -0.356 e. The van der Waals surface area contributed by atoms with Crippen LogP contribution >= 0.6 is 0 Å².